The lowest BCUT2D eigenvalue weighted by Crippen LogP contribution is -2.13. The molecule has 8 heteroatoms. The number of nitrogens with zero attached hydrogens (tertiary/aromatic N) is 1. The summed E-state index contributed by atoms with van der Waals surface area (Å²) in [5.41, 5.74) is 0.418. The van der Waals surface area contributed by atoms with E-state index in [9.17, 15) is 9.59 Å². The van der Waals surface area contributed by atoms with Crippen molar-refractivity contribution in [2.24, 2.45) is 0 Å². The first kappa shape index (κ1) is 21.9. The van der Waals surface area contributed by atoms with Gasteiger partial charge in [0.15, 0.2) is 23.0 Å². The van der Waals surface area contributed by atoms with Gasteiger partial charge in [0.2, 0.25) is 5.78 Å². The number of fused-ring (bicyclic) bond motifs is 1. The lowest BCUT2D eigenvalue weighted by Gasteiger charge is -2.13. The number of esters is 1. The first-order valence-electron chi connectivity index (χ1n) is 9.47. The summed E-state index contributed by atoms with van der Waals surface area (Å²) < 4.78 is 26.4. The van der Waals surface area contributed by atoms with Crippen molar-refractivity contribution in [2.75, 3.05) is 35.0 Å². The van der Waals surface area contributed by atoms with Crippen LogP contribution in [0.3, 0.4) is 0 Å². The van der Waals surface area contributed by atoms with Crippen LogP contribution in [0.15, 0.2) is 36.4 Å². The zero-order chi connectivity index (χ0) is 22.5. The minimum atomic E-state index is -0.624. The fraction of sp³-hybridized carbons (Fsp3) is 0.261. The van der Waals surface area contributed by atoms with E-state index in [-0.39, 0.29) is 18.0 Å². The van der Waals surface area contributed by atoms with Crippen LogP contribution in [0.5, 0.6) is 23.0 Å². The number of ether oxygens (including phenoxy) is 5. The quantitative estimate of drug-likeness (QED) is 0.399. The van der Waals surface area contributed by atoms with E-state index in [1.165, 1.54) is 28.4 Å². The fourth-order valence-electron chi connectivity index (χ4n) is 3.18. The lowest BCUT2D eigenvalue weighted by atomic mass is 10.0. The highest BCUT2D eigenvalue weighted by Gasteiger charge is 2.22. The normalized spacial score (nSPS) is 10.5. The summed E-state index contributed by atoms with van der Waals surface area (Å²) in [6.07, 6.45) is 0. The van der Waals surface area contributed by atoms with Gasteiger partial charge in [-0.3, -0.25) is 4.79 Å². The zero-order valence-corrected chi connectivity index (χ0v) is 18.0. The Morgan fingerprint density at radius 2 is 1.42 bits per heavy atom. The number of hydrogen-bond acceptors (Lipinski definition) is 8. The van der Waals surface area contributed by atoms with Gasteiger partial charge < -0.3 is 23.7 Å². The number of benzene rings is 2. The van der Waals surface area contributed by atoms with Crippen LogP contribution in [0, 0.1) is 0 Å². The number of ketones is 1. The Morgan fingerprint density at radius 1 is 0.806 bits per heavy atom. The molecule has 0 aliphatic rings. The maximum atomic E-state index is 13.4. The topological polar surface area (TPSA) is 93.2 Å². The molecular weight excluding hydrogens is 402 g/mol. The predicted molar refractivity (Wildman–Crippen MR) is 114 cm³/mol. The number of methoxy groups -OCH3 is 4. The Bertz CT molecular complexity index is 1140. The molecule has 8 nitrogen and oxygen atoms in total. The first-order chi connectivity index (χ1) is 15.0. The van der Waals surface area contributed by atoms with Gasteiger partial charge in [0.05, 0.1) is 35.0 Å². The molecule has 1 aromatic heterocycles. The fourth-order valence-corrected chi connectivity index (χ4v) is 3.18. The van der Waals surface area contributed by atoms with Crippen LogP contribution in [0.2, 0.25) is 0 Å². The van der Waals surface area contributed by atoms with Crippen LogP contribution in [0.25, 0.3) is 10.8 Å². The molecule has 3 aromatic rings. The van der Waals surface area contributed by atoms with Gasteiger partial charge in [-0.05, 0) is 48.7 Å². The summed E-state index contributed by atoms with van der Waals surface area (Å²) >= 11 is 0. The molecule has 162 valence electrons. The first-order valence-corrected chi connectivity index (χ1v) is 9.47. The van der Waals surface area contributed by atoms with E-state index in [0.29, 0.717) is 39.3 Å². The molecule has 0 atom stereocenters. The van der Waals surface area contributed by atoms with E-state index < -0.39 is 11.8 Å². The van der Waals surface area contributed by atoms with E-state index in [2.05, 4.69) is 4.98 Å². The third kappa shape index (κ3) is 4.23. The van der Waals surface area contributed by atoms with Crippen molar-refractivity contribution in [2.45, 2.75) is 6.92 Å². The predicted octanol–water partition coefficient (Wildman–Crippen LogP) is 3.68. The molecule has 0 amide bonds. The summed E-state index contributed by atoms with van der Waals surface area (Å²) in [5.74, 6) is 0.759. The van der Waals surface area contributed by atoms with Gasteiger partial charge in [0, 0.05) is 10.9 Å². The van der Waals surface area contributed by atoms with Gasteiger partial charge >= 0.3 is 5.97 Å². The molecule has 3 rings (SSSR count). The number of pyridine rings is 1. The number of carbonyl (C=O) groups is 2. The number of rotatable bonds is 8. The van der Waals surface area contributed by atoms with Crippen molar-refractivity contribution in [1.82, 2.24) is 4.98 Å². The molecule has 0 unspecified atom stereocenters. The number of hydrogen-bond donors (Lipinski definition) is 0. The van der Waals surface area contributed by atoms with Crippen molar-refractivity contribution >= 4 is 22.5 Å². The largest absolute Gasteiger partial charge is 0.493 e. The van der Waals surface area contributed by atoms with Crippen molar-refractivity contribution < 1.29 is 33.3 Å². The molecule has 1 heterocycles. The monoisotopic (exact) mass is 425 g/mol. The minimum absolute atomic E-state index is 0.0189. The highest BCUT2D eigenvalue weighted by atomic mass is 16.5. The van der Waals surface area contributed by atoms with Crippen LogP contribution in [0.1, 0.15) is 33.5 Å². The Labute approximate surface area is 179 Å². The van der Waals surface area contributed by atoms with Crippen LogP contribution >= 0.6 is 0 Å². The Kier molecular flexibility index (Phi) is 6.59. The lowest BCUT2D eigenvalue weighted by molar-refractivity contribution is 0.0519. The molecule has 0 aliphatic heterocycles. The third-order valence-corrected chi connectivity index (χ3v) is 4.68. The second-order valence-electron chi connectivity index (χ2n) is 6.40. The number of aromatic nitrogens is 1. The van der Waals surface area contributed by atoms with Crippen LogP contribution in [0.4, 0.5) is 0 Å². The average molecular weight is 425 g/mol. The molecule has 0 saturated carbocycles. The molecule has 31 heavy (non-hydrogen) atoms. The Hall–Kier alpha value is -3.81. The van der Waals surface area contributed by atoms with E-state index in [4.69, 9.17) is 23.7 Å². The van der Waals surface area contributed by atoms with Crippen molar-refractivity contribution in [3.8, 4) is 23.0 Å². The standard InChI is InChI=1S/C23H23NO7/c1-6-31-23(26)16-9-14-11-19(29-4)20(30-5)12-15(14)21(24-16)22(25)13-7-8-17(27-2)18(10-13)28-3/h7-12H,6H2,1-5H3. The average Bonchev–Trinajstić information content (AvgIpc) is 2.81. The Balaban J connectivity index is 2.25. The zero-order valence-electron chi connectivity index (χ0n) is 18.0. The molecule has 0 spiro atoms. The molecule has 0 saturated heterocycles. The van der Waals surface area contributed by atoms with Gasteiger partial charge in [0.25, 0.3) is 0 Å². The van der Waals surface area contributed by atoms with Crippen molar-refractivity contribution in [1.29, 1.82) is 0 Å². The Morgan fingerprint density at radius 3 is 2.03 bits per heavy atom. The minimum Gasteiger partial charge on any atom is -0.493 e. The van der Waals surface area contributed by atoms with Gasteiger partial charge in [0.1, 0.15) is 11.4 Å². The molecule has 2 aromatic carbocycles. The summed E-state index contributed by atoms with van der Waals surface area (Å²) in [4.78, 5) is 30.1. The van der Waals surface area contributed by atoms with Crippen LogP contribution < -0.4 is 18.9 Å². The summed E-state index contributed by atoms with van der Waals surface area (Å²) in [6.45, 7) is 1.88. The highest BCUT2D eigenvalue weighted by molar-refractivity contribution is 6.16. The maximum absolute atomic E-state index is 13.4. The molecule has 0 N–H and O–H groups in total. The van der Waals surface area contributed by atoms with Gasteiger partial charge in [-0.2, -0.15) is 0 Å². The molecular formula is C23H23NO7. The van der Waals surface area contributed by atoms with Gasteiger partial charge in [-0.1, -0.05) is 0 Å². The summed E-state index contributed by atoms with van der Waals surface area (Å²) in [6, 6.07) is 9.70. The smallest absolute Gasteiger partial charge is 0.356 e. The van der Waals surface area contributed by atoms with E-state index in [0.717, 1.165) is 0 Å². The van der Waals surface area contributed by atoms with E-state index >= 15 is 0 Å². The SMILES string of the molecule is CCOC(=O)c1cc2cc(OC)c(OC)cc2c(C(=O)c2ccc(OC)c(OC)c2)n1. The van der Waals surface area contributed by atoms with Crippen molar-refractivity contribution in [3.05, 3.63) is 53.3 Å². The highest BCUT2D eigenvalue weighted by Crippen LogP contribution is 2.35. The number of carbonyl (C=O) groups excluding carboxylic acids is 2. The molecule has 0 aliphatic carbocycles. The second kappa shape index (κ2) is 9.34. The van der Waals surface area contributed by atoms with Crippen LogP contribution in [-0.2, 0) is 4.74 Å². The molecule has 0 radical (unpaired) electrons. The van der Waals surface area contributed by atoms with E-state index in [1.54, 1.807) is 43.3 Å². The van der Waals surface area contributed by atoms with Gasteiger partial charge in [-0.15, -0.1) is 0 Å². The molecule has 0 fully saturated rings. The summed E-state index contributed by atoms with van der Waals surface area (Å²) in [5, 5.41) is 1.09. The molecule has 0 bridgehead atoms. The maximum Gasteiger partial charge on any atom is 0.356 e. The summed E-state index contributed by atoms with van der Waals surface area (Å²) in [7, 11) is 6.00. The van der Waals surface area contributed by atoms with Crippen LogP contribution in [-0.4, -0.2) is 51.8 Å². The van der Waals surface area contributed by atoms with E-state index in [1.807, 2.05) is 0 Å². The third-order valence-electron chi connectivity index (χ3n) is 4.68. The van der Waals surface area contributed by atoms with Gasteiger partial charge in [-0.25, -0.2) is 9.78 Å². The second-order valence-corrected chi connectivity index (χ2v) is 6.40. The van der Waals surface area contributed by atoms with Crippen molar-refractivity contribution in [3.63, 3.8) is 0 Å².